The molecule has 0 aliphatic heterocycles. The van der Waals surface area contributed by atoms with Crippen molar-refractivity contribution in [3.63, 3.8) is 0 Å². The topological polar surface area (TPSA) is 509 Å². The minimum Gasteiger partial charge on any atom is -0.465 e. The molecule has 2 fully saturated rings. The summed E-state index contributed by atoms with van der Waals surface area (Å²) >= 11 is 0. The smallest absolute Gasteiger partial charge is 0.337 e. The van der Waals surface area contributed by atoms with Gasteiger partial charge in [-0.3, -0.25) is 53.9 Å². The molecule has 149 heavy (non-hydrogen) atoms. The number of nitrogens with one attached hydrogen (secondary N) is 15. The Hall–Kier alpha value is -17.1. The Morgan fingerprint density at radius 2 is 0.832 bits per heavy atom. The minimum atomic E-state index is -0.297. The second-order valence-electron chi connectivity index (χ2n) is 34.0. The number of hydrogen-bond acceptors (Lipinski definition) is 31. The van der Waals surface area contributed by atoms with Gasteiger partial charge in [0, 0.05) is 258 Å². The molecule has 16 rings (SSSR count). The number of anilines is 9. The van der Waals surface area contributed by atoms with Crippen LogP contribution in [0.15, 0.2) is 201 Å². The molecule has 0 saturated heterocycles. The van der Waals surface area contributed by atoms with E-state index in [1.165, 1.54) is 58.3 Å². The van der Waals surface area contributed by atoms with Gasteiger partial charge in [0.05, 0.1) is 37.2 Å². The fourth-order valence-corrected chi connectivity index (χ4v) is 13.5. The number of carbonyl (C=O) groups is 7. The Bertz CT molecular complexity index is 6200. The Kier molecular flexibility index (Phi) is 52.3. The van der Waals surface area contributed by atoms with Gasteiger partial charge in [0.2, 0.25) is 0 Å². The van der Waals surface area contributed by atoms with Crippen molar-refractivity contribution in [2.45, 2.75) is 130 Å². The number of aryl methyl sites for hydroxylation is 6. The van der Waals surface area contributed by atoms with Gasteiger partial charge < -0.3 is 83.1 Å². The van der Waals surface area contributed by atoms with Gasteiger partial charge in [0.15, 0.2) is 11.6 Å². The van der Waals surface area contributed by atoms with Crippen LogP contribution in [0.2, 0.25) is 0 Å². The normalized spacial score (nSPS) is 10.9. The summed E-state index contributed by atoms with van der Waals surface area (Å²) in [6.07, 6.45) is 20.8. The van der Waals surface area contributed by atoms with E-state index in [1.807, 2.05) is 194 Å². The lowest BCUT2D eigenvalue weighted by atomic mass is 10.1. The maximum atomic E-state index is 11.9. The summed E-state index contributed by atoms with van der Waals surface area (Å²) < 4.78 is 11.3. The van der Waals surface area contributed by atoms with Gasteiger partial charge in [-0.05, 0) is 216 Å². The third kappa shape index (κ3) is 41.1. The van der Waals surface area contributed by atoms with Crippen LogP contribution in [0.5, 0.6) is 0 Å². The van der Waals surface area contributed by atoms with Crippen molar-refractivity contribution in [1.29, 1.82) is 0 Å². The number of benzene rings is 3. The molecule has 2 aliphatic carbocycles. The van der Waals surface area contributed by atoms with E-state index in [-0.39, 0.29) is 41.5 Å². The molecule has 2 aliphatic rings. The van der Waals surface area contributed by atoms with Crippen LogP contribution in [0.1, 0.15) is 216 Å². The molecular weight excluding hydrogens is 1890 g/mol. The summed E-state index contributed by atoms with van der Waals surface area (Å²) in [6, 6.07) is 50.3. The monoisotopic (exact) mass is 2040 g/mol. The SMILES string of the molecule is CCCCc1cc(C(=O)N(C)C)cc(NC)n1.CCc1cc(C(=O)OC)cc(C(C)C)n1.CCc1cc(C(=O)OC)cc(CC)n1.CNC(=O)c1cccc(NC)c1.CNC(=O)c1cccc(NC)c1.CNC(=O)c1cccc(NC)c1.CNc1cc(-c2cn[nH]c2)ccn1.CNc1cc(-c2ncn[nH]2)cc(C)n1.CNc1cc(-c2ncn[nH]2)ccn1.CNc1cc(C(=O)N(C)C)cc(C2CC2)n1.CNc1cc(C2CC2)nn1C. The van der Waals surface area contributed by atoms with E-state index in [4.69, 9.17) is 4.74 Å². The van der Waals surface area contributed by atoms with E-state index in [0.717, 1.165) is 170 Å². The molecule has 0 radical (unpaired) electrons. The summed E-state index contributed by atoms with van der Waals surface area (Å²) in [5, 5.41) is 58.9. The third-order valence-electron chi connectivity index (χ3n) is 22.2. The molecule has 5 amide bonds. The van der Waals surface area contributed by atoms with Crippen LogP contribution in [0.25, 0.3) is 33.9 Å². The van der Waals surface area contributed by atoms with Gasteiger partial charge in [0.1, 0.15) is 47.6 Å². The average molecular weight is 2040 g/mol. The van der Waals surface area contributed by atoms with Gasteiger partial charge >= 0.3 is 11.9 Å². The van der Waals surface area contributed by atoms with Gasteiger partial charge in [0.25, 0.3) is 29.5 Å². The highest BCUT2D eigenvalue weighted by atomic mass is 16.5. The van der Waals surface area contributed by atoms with Crippen LogP contribution in [-0.4, -0.2) is 263 Å². The molecule has 794 valence electrons. The number of nitrogens with zero attached hydrogens (tertiary/aromatic N) is 16. The first kappa shape index (κ1) is 121. The molecule has 40 nitrogen and oxygen atoms in total. The molecule has 14 aromatic rings. The number of carbonyl (C=O) groups excluding carboxylic acids is 7. The lowest BCUT2D eigenvalue weighted by Gasteiger charge is -2.12. The average Bonchev–Trinajstić information content (AvgIpc) is 1.69. The van der Waals surface area contributed by atoms with Crippen LogP contribution < -0.4 is 63.8 Å². The lowest BCUT2D eigenvalue weighted by Crippen LogP contribution is -2.22. The number of hydrogen-bond donors (Lipinski definition) is 15. The summed E-state index contributed by atoms with van der Waals surface area (Å²) in [4.78, 5) is 121. The zero-order chi connectivity index (χ0) is 109. The number of esters is 2. The summed E-state index contributed by atoms with van der Waals surface area (Å²) in [7, 11) is 33.2. The molecule has 0 atom stereocenters. The number of rotatable bonds is 28. The Morgan fingerprint density at radius 1 is 0.409 bits per heavy atom. The Balaban J connectivity index is 0.000000251. The number of H-pyrrole nitrogens is 3. The molecule has 2 saturated carbocycles. The number of pyridine rings is 7. The number of aromatic amines is 3. The van der Waals surface area contributed by atoms with Gasteiger partial charge in [-0.2, -0.15) is 20.4 Å². The fourth-order valence-electron chi connectivity index (χ4n) is 13.5. The van der Waals surface area contributed by atoms with Crippen LogP contribution in [0, 0.1) is 6.92 Å². The number of aromatic nitrogens is 17. The molecule has 15 N–H and O–H groups in total. The van der Waals surface area contributed by atoms with Gasteiger partial charge in [-0.25, -0.2) is 44.5 Å². The second kappa shape index (κ2) is 64.6. The first-order chi connectivity index (χ1) is 71.7. The van der Waals surface area contributed by atoms with Gasteiger partial charge in [-0.15, -0.1) is 0 Å². The standard InChI is InChI=1S/C13H21N3O.C12H17N3O.C12H17NO2.C11H15NO2.C9H11N5.C9H10N4.3C9H12N2O.C8H9N5.C8H13N3/c1-5-6-7-11-8-10(13(17)16(3)4)9-12(14-2)15-11;1-13-11-7-9(12(16)15(2)3)6-10(14-11)8-4-5-8;1-5-10-6-9(12(14)15-4)7-11(13-10)8(2)3;1-4-9-6-8(11(13)14-3)7-10(5-2)12-9;1-6-3-7(4-8(10-2)13-6)9-11-5-12-14-9;1-10-9-4-7(2-3-11-9)8-5-12-13-6-8;3*1-10-8-5-3-4-7(6-8)9(12)11-2;1-9-7-4-6(2-3-10-7)8-11-5-12-13-8;1-9-8-5-7(6-3-4-6)10-11(8)2/h8-9H,5-7H2,1-4H3,(H,14,15);6-8H,4-5H2,1-3H3,(H,13,14);6-8H,5H2,1-4H3;6-7H,4-5H2,1-3H3;3-5H,1-2H3,(H,10,13)(H,11,12,14);2-6H,1H3,(H,10,11)(H,12,13);3*3-6,10H,1-2H3,(H,11,12);2-5H,1H3,(H,9,10)(H,11,12,13);5-6,9H,3-4H2,1-2H3. The van der Waals surface area contributed by atoms with E-state index in [2.05, 4.69) is 176 Å². The van der Waals surface area contributed by atoms with Crippen molar-refractivity contribution in [3.8, 4) is 33.9 Å². The van der Waals surface area contributed by atoms with Crippen molar-refractivity contribution in [2.24, 2.45) is 7.05 Å². The zero-order valence-electron chi connectivity index (χ0n) is 90.7. The van der Waals surface area contributed by atoms with E-state index >= 15 is 0 Å². The van der Waals surface area contributed by atoms with Crippen LogP contribution >= 0.6 is 0 Å². The molecular formula is C109H149N31O9. The number of amides is 5. The van der Waals surface area contributed by atoms with E-state index in [9.17, 15) is 33.6 Å². The quantitative estimate of drug-likeness (QED) is 0.0203. The first-order valence-electron chi connectivity index (χ1n) is 49.1. The number of methoxy groups -OCH3 is 2. The molecule has 11 aromatic heterocycles. The summed E-state index contributed by atoms with van der Waals surface area (Å²) in [5.74, 6) is 7.53. The van der Waals surface area contributed by atoms with Crippen molar-refractivity contribution >= 4 is 93.4 Å². The van der Waals surface area contributed by atoms with E-state index in [1.54, 1.807) is 151 Å². The molecule has 3 aromatic carbocycles. The number of unbranched alkanes of at least 4 members (excludes halogenated alkanes) is 1. The Labute approximate surface area is 874 Å². The lowest BCUT2D eigenvalue weighted by molar-refractivity contribution is 0.0591. The van der Waals surface area contributed by atoms with Crippen LogP contribution in [0.3, 0.4) is 0 Å². The third-order valence-corrected chi connectivity index (χ3v) is 22.2. The summed E-state index contributed by atoms with van der Waals surface area (Å²) in [5.41, 5.74) is 19.5. The molecule has 0 spiro atoms. The number of ether oxygens (including phenoxy) is 2. The largest absolute Gasteiger partial charge is 0.465 e. The first-order valence-corrected chi connectivity index (χ1v) is 49.1. The minimum absolute atomic E-state index is 0.0154. The Morgan fingerprint density at radius 3 is 1.23 bits per heavy atom. The highest BCUT2D eigenvalue weighted by molar-refractivity contribution is 5.98. The zero-order valence-corrected chi connectivity index (χ0v) is 90.7. The summed E-state index contributed by atoms with van der Waals surface area (Å²) in [6.45, 7) is 14.3. The van der Waals surface area contributed by atoms with E-state index in [0.29, 0.717) is 50.8 Å². The predicted octanol–water partition coefficient (Wildman–Crippen LogP) is 16.7. The fraction of sp³-hybridized carbons (Fsp3) is 0.358. The maximum absolute atomic E-state index is 11.9. The predicted molar refractivity (Wildman–Crippen MR) is 595 cm³/mol. The van der Waals surface area contributed by atoms with Crippen molar-refractivity contribution in [1.82, 2.24) is 111 Å². The molecule has 11 heterocycles. The highest BCUT2D eigenvalue weighted by Crippen LogP contribution is 2.41. The molecule has 0 unspecified atom stereocenters. The highest BCUT2D eigenvalue weighted by Gasteiger charge is 2.28. The molecule has 40 heteroatoms. The van der Waals surface area contributed by atoms with Crippen LogP contribution in [0.4, 0.5) is 52.0 Å². The van der Waals surface area contributed by atoms with Crippen molar-refractivity contribution in [3.05, 3.63) is 286 Å². The molecule has 0 bridgehead atoms. The van der Waals surface area contributed by atoms with Crippen LogP contribution in [-0.2, 0) is 42.2 Å². The second-order valence-corrected chi connectivity index (χ2v) is 34.0. The van der Waals surface area contributed by atoms with Crippen molar-refractivity contribution in [2.75, 3.05) is 175 Å². The maximum Gasteiger partial charge on any atom is 0.337 e. The van der Waals surface area contributed by atoms with E-state index < -0.39 is 0 Å². The van der Waals surface area contributed by atoms with Gasteiger partial charge in [-0.1, -0.05) is 66.2 Å². The van der Waals surface area contributed by atoms with Crippen molar-refractivity contribution < 1.29 is 43.0 Å².